The number of halogens is 1. The highest BCUT2D eigenvalue weighted by Gasteiger charge is 2.42. The van der Waals surface area contributed by atoms with Gasteiger partial charge in [0.25, 0.3) is 0 Å². The van der Waals surface area contributed by atoms with Crippen LogP contribution < -0.4 is 15.5 Å². The number of rotatable bonds is 6. The number of benzene rings is 2. The number of pyridine rings is 1. The highest BCUT2D eigenvalue weighted by molar-refractivity contribution is 7.80. The highest BCUT2D eigenvalue weighted by atomic mass is 35.5. The van der Waals surface area contributed by atoms with E-state index in [-0.39, 0.29) is 23.9 Å². The van der Waals surface area contributed by atoms with Crippen molar-refractivity contribution >= 4 is 46.2 Å². The van der Waals surface area contributed by atoms with E-state index >= 15 is 0 Å². The van der Waals surface area contributed by atoms with E-state index in [0.29, 0.717) is 15.8 Å². The smallest absolute Gasteiger partial charge is 0.226 e. The molecule has 1 aliphatic heterocycles. The summed E-state index contributed by atoms with van der Waals surface area (Å²) in [4.78, 5) is 18.9. The summed E-state index contributed by atoms with van der Waals surface area (Å²) in [6.07, 6.45) is 3.84. The maximum atomic E-state index is 12.2. The minimum Gasteiger partial charge on any atom is -0.351 e. The molecule has 0 aliphatic carbocycles. The van der Waals surface area contributed by atoms with E-state index < -0.39 is 0 Å². The predicted octanol–water partition coefficient (Wildman–Crippen LogP) is 6.30. The molecule has 182 valence electrons. The third-order valence-electron chi connectivity index (χ3n) is 6.23. The molecule has 3 heterocycles. The van der Waals surface area contributed by atoms with Crippen LogP contribution in [0.15, 0.2) is 91.3 Å². The number of nitrogens with zero attached hydrogens (tertiary/aromatic N) is 3. The fraction of sp³-hybridized carbons (Fsp3) is 0.179. The van der Waals surface area contributed by atoms with E-state index in [4.69, 9.17) is 23.8 Å². The fourth-order valence-electron chi connectivity index (χ4n) is 4.42. The van der Waals surface area contributed by atoms with Crippen molar-refractivity contribution in [1.82, 2.24) is 14.9 Å². The fourth-order valence-corrected chi connectivity index (χ4v) is 4.99. The van der Waals surface area contributed by atoms with E-state index in [0.717, 1.165) is 22.8 Å². The Morgan fingerprint density at radius 3 is 2.50 bits per heavy atom. The van der Waals surface area contributed by atoms with Crippen LogP contribution in [0.4, 0.5) is 11.4 Å². The van der Waals surface area contributed by atoms with Crippen LogP contribution in [0.3, 0.4) is 0 Å². The molecule has 2 unspecified atom stereocenters. The van der Waals surface area contributed by atoms with Crippen LogP contribution in [-0.4, -0.2) is 20.6 Å². The monoisotopic (exact) mass is 515 g/mol. The molecular formula is C28H26ClN5OS. The lowest BCUT2D eigenvalue weighted by Crippen LogP contribution is -2.30. The van der Waals surface area contributed by atoms with E-state index in [1.54, 1.807) is 6.20 Å². The summed E-state index contributed by atoms with van der Waals surface area (Å²) in [5.41, 5.74) is 4.39. The van der Waals surface area contributed by atoms with E-state index in [1.807, 2.05) is 74.5 Å². The Morgan fingerprint density at radius 2 is 1.81 bits per heavy atom. The van der Waals surface area contributed by atoms with Gasteiger partial charge in [0.05, 0.1) is 22.4 Å². The van der Waals surface area contributed by atoms with Crippen molar-refractivity contribution in [2.45, 2.75) is 25.9 Å². The lowest BCUT2D eigenvalue weighted by atomic mass is 10.0. The number of para-hydroxylation sites is 1. The number of aromatic nitrogens is 2. The number of carbonyl (C=O) groups excluding carboxylic acids is 1. The summed E-state index contributed by atoms with van der Waals surface area (Å²) in [5, 5.41) is 7.40. The zero-order valence-corrected chi connectivity index (χ0v) is 21.5. The first-order valence-corrected chi connectivity index (χ1v) is 12.6. The molecule has 36 heavy (non-hydrogen) atoms. The number of nitrogens with one attached hydrogen (secondary N) is 2. The summed E-state index contributed by atoms with van der Waals surface area (Å²) in [5.74, 6) is -0.234. The number of hydrogen-bond acceptors (Lipinski definition) is 3. The van der Waals surface area contributed by atoms with Crippen molar-refractivity contribution in [3.63, 3.8) is 0 Å². The van der Waals surface area contributed by atoms with E-state index in [2.05, 4.69) is 49.5 Å². The summed E-state index contributed by atoms with van der Waals surface area (Å²) >= 11 is 12.5. The largest absolute Gasteiger partial charge is 0.351 e. The van der Waals surface area contributed by atoms with Gasteiger partial charge in [-0.25, -0.2) is 0 Å². The first kappa shape index (κ1) is 24.0. The van der Waals surface area contributed by atoms with Gasteiger partial charge in [-0.1, -0.05) is 49.7 Å². The van der Waals surface area contributed by atoms with Gasteiger partial charge in [0.1, 0.15) is 6.04 Å². The summed E-state index contributed by atoms with van der Waals surface area (Å²) in [6, 6.07) is 25.4. The molecule has 2 N–H and O–H groups in total. The Bertz CT molecular complexity index is 1390. The van der Waals surface area contributed by atoms with Gasteiger partial charge < -0.3 is 20.1 Å². The van der Waals surface area contributed by atoms with Gasteiger partial charge in [-0.15, -0.1) is 0 Å². The van der Waals surface area contributed by atoms with Crippen LogP contribution in [-0.2, 0) is 4.79 Å². The van der Waals surface area contributed by atoms with Crippen molar-refractivity contribution in [2.24, 2.45) is 5.92 Å². The standard InChI is InChI=1S/C28H26ClN5OS/c1-18(2)27(35)31-22-14-13-20(17-21(22)29)34-26(25(32-28(34)36)23-11-6-7-15-30-23)24-12-8-16-33(24)19-9-4-3-5-10-19/h3-18,25-26H,1-2H3,(H,31,35)(H,32,36). The average molecular weight is 516 g/mol. The molecule has 0 bridgehead atoms. The topological polar surface area (TPSA) is 62.2 Å². The number of anilines is 2. The molecule has 1 amide bonds. The molecule has 0 saturated carbocycles. The Kier molecular flexibility index (Phi) is 6.76. The molecule has 5 rings (SSSR count). The molecule has 2 aromatic heterocycles. The lowest BCUT2D eigenvalue weighted by Gasteiger charge is -2.29. The summed E-state index contributed by atoms with van der Waals surface area (Å²) in [7, 11) is 0. The number of amides is 1. The Balaban J connectivity index is 1.59. The van der Waals surface area contributed by atoms with Gasteiger partial charge in [0.15, 0.2) is 5.11 Å². The van der Waals surface area contributed by atoms with E-state index in [9.17, 15) is 4.79 Å². The first-order valence-electron chi connectivity index (χ1n) is 11.8. The zero-order chi connectivity index (χ0) is 25.2. The molecule has 4 aromatic rings. The molecule has 8 heteroatoms. The van der Waals surface area contributed by atoms with Gasteiger partial charge in [0.2, 0.25) is 5.91 Å². The van der Waals surface area contributed by atoms with Crippen LogP contribution in [0, 0.1) is 5.92 Å². The average Bonchev–Trinajstić information content (AvgIpc) is 3.50. The normalized spacial score (nSPS) is 17.3. The van der Waals surface area contributed by atoms with Gasteiger partial charge in [0, 0.05) is 35.4 Å². The second kappa shape index (κ2) is 10.1. The SMILES string of the molecule is CC(C)C(=O)Nc1ccc(N2C(=S)NC(c3ccccn3)C2c2cccn2-c2ccccc2)cc1Cl. The van der Waals surface area contributed by atoms with Gasteiger partial charge >= 0.3 is 0 Å². The summed E-state index contributed by atoms with van der Waals surface area (Å²) in [6.45, 7) is 3.69. The Labute approximate surface area is 220 Å². The van der Waals surface area contributed by atoms with Crippen molar-refractivity contribution in [2.75, 3.05) is 10.2 Å². The lowest BCUT2D eigenvalue weighted by molar-refractivity contribution is -0.118. The third-order valence-corrected chi connectivity index (χ3v) is 6.86. The van der Waals surface area contributed by atoms with Crippen molar-refractivity contribution in [3.8, 4) is 5.69 Å². The quantitative estimate of drug-likeness (QED) is 0.295. The first-order chi connectivity index (χ1) is 17.4. The molecular weight excluding hydrogens is 490 g/mol. The maximum Gasteiger partial charge on any atom is 0.226 e. The molecule has 2 aromatic carbocycles. The minimum absolute atomic E-state index is 0.0863. The second-order valence-electron chi connectivity index (χ2n) is 8.94. The number of hydrogen-bond donors (Lipinski definition) is 2. The van der Waals surface area contributed by atoms with Crippen LogP contribution in [0.25, 0.3) is 5.69 Å². The number of carbonyl (C=O) groups is 1. The Hall–Kier alpha value is -3.68. The molecule has 1 saturated heterocycles. The van der Waals surface area contributed by atoms with Crippen molar-refractivity contribution in [1.29, 1.82) is 0 Å². The second-order valence-corrected chi connectivity index (χ2v) is 9.74. The molecule has 6 nitrogen and oxygen atoms in total. The van der Waals surface area contributed by atoms with E-state index in [1.165, 1.54) is 0 Å². The van der Waals surface area contributed by atoms with Crippen LogP contribution in [0.1, 0.15) is 37.3 Å². The Morgan fingerprint density at radius 1 is 1.03 bits per heavy atom. The van der Waals surface area contributed by atoms with Gasteiger partial charge in [-0.3, -0.25) is 9.78 Å². The predicted molar refractivity (Wildman–Crippen MR) is 149 cm³/mol. The maximum absolute atomic E-state index is 12.2. The molecule has 1 fully saturated rings. The summed E-state index contributed by atoms with van der Waals surface area (Å²) < 4.78 is 2.17. The third kappa shape index (κ3) is 4.59. The highest BCUT2D eigenvalue weighted by Crippen LogP contribution is 2.43. The van der Waals surface area contributed by atoms with Crippen molar-refractivity contribution in [3.05, 3.63) is 108 Å². The van der Waals surface area contributed by atoms with Gasteiger partial charge in [-0.05, 0) is 66.8 Å². The van der Waals surface area contributed by atoms with Gasteiger partial charge in [-0.2, -0.15) is 0 Å². The molecule has 0 radical (unpaired) electrons. The van der Waals surface area contributed by atoms with Crippen LogP contribution in [0.2, 0.25) is 5.02 Å². The molecule has 0 spiro atoms. The minimum atomic E-state index is -0.199. The molecule has 2 atom stereocenters. The van der Waals surface area contributed by atoms with Crippen LogP contribution >= 0.6 is 23.8 Å². The van der Waals surface area contributed by atoms with Crippen molar-refractivity contribution < 1.29 is 4.79 Å². The van der Waals surface area contributed by atoms with Crippen LogP contribution in [0.5, 0.6) is 0 Å². The molecule has 1 aliphatic rings. The number of thiocarbonyl (C=S) groups is 1. The zero-order valence-electron chi connectivity index (χ0n) is 19.9.